The monoisotopic (exact) mass is 319 g/mol. The SMILES string of the molecule is COCCOc1ccc(NC(=O)Cc2ccccc2Cl)cc1. The third-order valence-corrected chi connectivity index (χ3v) is 3.37. The molecule has 1 amide bonds. The van der Waals surface area contributed by atoms with E-state index < -0.39 is 0 Å². The fourth-order valence-corrected chi connectivity index (χ4v) is 2.10. The Morgan fingerprint density at radius 2 is 1.82 bits per heavy atom. The van der Waals surface area contributed by atoms with Crippen LogP contribution in [-0.4, -0.2) is 26.2 Å². The second kappa shape index (κ2) is 8.41. The number of rotatable bonds is 7. The Morgan fingerprint density at radius 3 is 2.50 bits per heavy atom. The lowest BCUT2D eigenvalue weighted by Gasteiger charge is -2.08. The molecule has 0 aliphatic carbocycles. The van der Waals surface area contributed by atoms with Gasteiger partial charge < -0.3 is 14.8 Å². The summed E-state index contributed by atoms with van der Waals surface area (Å²) in [6.07, 6.45) is 0.242. The quantitative estimate of drug-likeness (QED) is 0.794. The van der Waals surface area contributed by atoms with Gasteiger partial charge in [-0.15, -0.1) is 0 Å². The number of nitrogens with one attached hydrogen (secondary N) is 1. The molecule has 0 aliphatic rings. The van der Waals surface area contributed by atoms with Gasteiger partial charge in [0.15, 0.2) is 0 Å². The molecule has 0 saturated heterocycles. The highest BCUT2D eigenvalue weighted by Crippen LogP contribution is 2.18. The zero-order chi connectivity index (χ0) is 15.8. The molecule has 22 heavy (non-hydrogen) atoms. The van der Waals surface area contributed by atoms with E-state index in [1.54, 1.807) is 37.4 Å². The minimum atomic E-state index is -0.110. The van der Waals surface area contributed by atoms with Gasteiger partial charge in [0.05, 0.1) is 13.0 Å². The van der Waals surface area contributed by atoms with Gasteiger partial charge in [0.1, 0.15) is 12.4 Å². The lowest BCUT2D eigenvalue weighted by atomic mass is 10.1. The van der Waals surface area contributed by atoms with Gasteiger partial charge in [-0.1, -0.05) is 29.8 Å². The van der Waals surface area contributed by atoms with Crippen LogP contribution in [0.25, 0.3) is 0 Å². The first kappa shape index (κ1) is 16.3. The summed E-state index contributed by atoms with van der Waals surface area (Å²) in [7, 11) is 1.63. The van der Waals surface area contributed by atoms with E-state index in [-0.39, 0.29) is 12.3 Å². The first-order valence-electron chi connectivity index (χ1n) is 6.94. The Hall–Kier alpha value is -2.04. The Morgan fingerprint density at radius 1 is 1.09 bits per heavy atom. The van der Waals surface area contributed by atoms with Crippen molar-refractivity contribution >= 4 is 23.2 Å². The molecule has 2 rings (SSSR count). The third kappa shape index (κ3) is 5.06. The van der Waals surface area contributed by atoms with Crippen molar-refractivity contribution < 1.29 is 14.3 Å². The van der Waals surface area contributed by atoms with E-state index in [1.807, 2.05) is 18.2 Å². The average molecular weight is 320 g/mol. The van der Waals surface area contributed by atoms with Crippen molar-refractivity contribution in [3.63, 3.8) is 0 Å². The van der Waals surface area contributed by atoms with Gasteiger partial charge in [0, 0.05) is 17.8 Å². The highest BCUT2D eigenvalue weighted by atomic mass is 35.5. The van der Waals surface area contributed by atoms with Crippen molar-refractivity contribution in [2.24, 2.45) is 0 Å². The van der Waals surface area contributed by atoms with Crippen molar-refractivity contribution in [3.05, 3.63) is 59.1 Å². The fraction of sp³-hybridized carbons (Fsp3) is 0.235. The van der Waals surface area contributed by atoms with Gasteiger partial charge in [-0.2, -0.15) is 0 Å². The number of ether oxygens (including phenoxy) is 2. The van der Waals surface area contributed by atoms with Gasteiger partial charge >= 0.3 is 0 Å². The summed E-state index contributed by atoms with van der Waals surface area (Å²) >= 11 is 6.05. The first-order chi connectivity index (χ1) is 10.7. The Labute approximate surface area is 135 Å². The van der Waals surface area contributed by atoms with Crippen molar-refractivity contribution in [2.75, 3.05) is 25.6 Å². The summed E-state index contributed by atoms with van der Waals surface area (Å²) < 4.78 is 10.4. The molecule has 0 spiro atoms. The number of anilines is 1. The molecule has 0 aliphatic heterocycles. The molecule has 0 fully saturated rings. The molecule has 0 radical (unpaired) electrons. The molecule has 2 aromatic carbocycles. The largest absolute Gasteiger partial charge is 0.491 e. The van der Waals surface area contributed by atoms with Crippen molar-refractivity contribution in [1.82, 2.24) is 0 Å². The number of carbonyl (C=O) groups is 1. The van der Waals surface area contributed by atoms with Crippen LogP contribution in [0.5, 0.6) is 5.75 Å². The van der Waals surface area contributed by atoms with E-state index in [2.05, 4.69) is 5.32 Å². The van der Waals surface area contributed by atoms with Gasteiger partial charge in [-0.3, -0.25) is 4.79 Å². The summed E-state index contributed by atoms with van der Waals surface area (Å²) in [6.45, 7) is 1.03. The number of benzene rings is 2. The minimum Gasteiger partial charge on any atom is -0.491 e. The molecule has 2 aromatic rings. The molecule has 0 bridgehead atoms. The average Bonchev–Trinajstić information content (AvgIpc) is 2.51. The second-order valence-corrected chi connectivity index (χ2v) is 5.09. The van der Waals surface area contributed by atoms with Gasteiger partial charge in [-0.05, 0) is 35.9 Å². The fourth-order valence-electron chi connectivity index (χ4n) is 1.90. The molecule has 5 heteroatoms. The van der Waals surface area contributed by atoms with Crippen molar-refractivity contribution in [3.8, 4) is 5.75 Å². The lowest BCUT2D eigenvalue weighted by molar-refractivity contribution is -0.115. The Kier molecular flexibility index (Phi) is 6.25. The number of amides is 1. The third-order valence-electron chi connectivity index (χ3n) is 3.00. The second-order valence-electron chi connectivity index (χ2n) is 4.68. The maximum Gasteiger partial charge on any atom is 0.228 e. The van der Waals surface area contributed by atoms with Crippen LogP contribution in [0.2, 0.25) is 5.02 Å². The standard InChI is InChI=1S/C17H18ClNO3/c1-21-10-11-22-15-8-6-14(7-9-15)19-17(20)12-13-4-2-3-5-16(13)18/h2-9H,10-12H2,1H3,(H,19,20). The summed E-state index contributed by atoms with van der Waals surface area (Å²) in [5.74, 6) is 0.627. The molecular weight excluding hydrogens is 302 g/mol. The molecule has 4 nitrogen and oxygen atoms in total. The maximum absolute atomic E-state index is 12.0. The van der Waals surface area contributed by atoms with E-state index >= 15 is 0 Å². The number of halogens is 1. The van der Waals surface area contributed by atoms with Crippen LogP contribution in [0.1, 0.15) is 5.56 Å². The number of carbonyl (C=O) groups excluding carboxylic acids is 1. The predicted molar refractivity (Wildman–Crippen MR) is 87.6 cm³/mol. The molecule has 0 aromatic heterocycles. The van der Waals surface area contributed by atoms with Crippen LogP contribution in [0.3, 0.4) is 0 Å². The smallest absolute Gasteiger partial charge is 0.228 e. The first-order valence-corrected chi connectivity index (χ1v) is 7.32. The number of hydrogen-bond donors (Lipinski definition) is 1. The Balaban J connectivity index is 1.88. The highest BCUT2D eigenvalue weighted by molar-refractivity contribution is 6.31. The summed E-state index contributed by atoms with van der Waals surface area (Å²) in [5.41, 5.74) is 1.53. The zero-order valence-electron chi connectivity index (χ0n) is 12.3. The van der Waals surface area contributed by atoms with Gasteiger partial charge in [0.2, 0.25) is 5.91 Å². The molecule has 0 heterocycles. The molecule has 0 saturated carbocycles. The molecule has 0 unspecified atom stereocenters. The predicted octanol–water partition coefficient (Wildman–Crippen LogP) is 3.55. The molecule has 0 atom stereocenters. The van der Waals surface area contributed by atoms with E-state index in [0.717, 1.165) is 17.0 Å². The van der Waals surface area contributed by atoms with E-state index in [9.17, 15) is 4.79 Å². The topological polar surface area (TPSA) is 47.6 Å². The summed E-state index contributed by atoms with van der Waals surface area (Å²) in [6, 6.07) is 14.5. The van der Waals surface area contributed by atoms with Crippen molar-refractivity contribution in [1.29, 1.82) is 0 Å². The highest BCUT2D eigenvalue weighted by Gasteiger charge is 2.07. The van der Waals surface area contributed by atoms with Crippen LogP contribution < -0.4 is 10.1 Å². The lowest BCUT2D eigenvalue weighted by Crippen LogP contribution is -2.14. The van der Waals surface area contributed by atoms with E-state index in [4.69, 9.17) is 21.1 Å². The van der Waals surface area contributed by atoms with Crippen LogP contribution in [0, 0.1) is 0 Å². The number of methoxy groups -OCH3 is 1. The van der Waals surface area contributed by atoms with Crippen LogP contribution in [0.15, 0.2) is 48.5 Å². The normalized spacial score (nSPS) is 10.3. The molecule has 116 valence electrons. The van der Waals surface area contributed by atoms with E-state index in [0.29, 0.717) is 18.2 Å². The van der Waals surface area contributed by atoms with Gasteiger partial charge in [0.25, 0.3) is 0 Å². The minimum absolute atomic E-state index is 0.110. The van der Waals surface area contributed by atoms with E-state index in [1.165, 1.54) is 0 Å². The zero-order valence-corrected chi connectivity index (χ0v) is 13.1. The molecule has 1 N–H and O–H groups in total. The maximum atomic E-state index is 12.0. The van der Waals surface area contributed by atoms with Crippen LogP contribution in [-0.2, 0) is 16.0 Å². The van der Waals surface area contributed by atoms with Crippen LogP contribution in [0.4, 0.5) is 5.69 Å². The summed E-state index contributed by atoms with van der Waals surface area (Å²) in [4.78, 5) is 12.0. The summed E-state index contributed by atoms with van der Waals surface area (Å²) in [5, 5.41) is 3.43. The van der Waals surface area contributed by atoms with Crippen molar-refractivity contribution in [2.45, 2.75) is 6.42 Å². The van der Waals surface area contributed by atoms with Gasteiger partial charge in [-0.25, -0.2) is 0 Å². The number of hydrogen-bond acceptors (Lipinski definition) is 3. The Bertz CT molecular complexity index is 614. The molecular formula is C17H18ClNO3. The van der Waals surface area contributed by atoms with Crippen LogP contribution >= 0.6 is 11.6 Å².